The van der Waals surface area contributed by atoms with E-state index in [0.717, 1.165) is 31.4 Å². The Kier molecular flexibility index (Phi) is 4.45. The van der Waals surface area contributed by atoms with Crippen molar-refractivity contribution >= 4 is 15.8 Å². The molecule has 0 amide bonds. The molecule has 0 aromatic heterocycles. The summed E-state index contributed by atoms with van der Waals surface area (Å²) >= 11 is 0. The Bertz CT molecular complexity index is 683. The molecule has 4 atom stereocenters. The number of halogens is 1. The molecule has 0 heterocycles. The van der Waals surface area contributed by atoms with Crippen molar-refractivity contribution in [2.24, 2.45) is 17.8 Å². The Morgan fingerprint density at radius 1 is 1.26 bits per heavy atom. The zero-order chi connectivity index (χ0) is 16.6. The lowest BCUT2D eigenvalue weighted by Crippen LogP contribution is -2.30. The van der Waals surface area contributed by atoms with Crippen LogP contribution in [0.25, 0.3) is 0 Å². The van der Waals surface area contributed by atoms with Gasteiger partial charge in [-0.05, 0) is 61.8 Å². The second kappa shape index (κ2) is 6.23. The molecule has 1 aromatic carbocycles. The van der Waals surface area contributed by atoms with Crippen LogP contribution in [0.3, 0.4) is 0 Å². The van der Waals surface area contributed by atoms with Gasteiger partial charge in [0.2, 0.25) is 0 Å². The Labute approximate surface area is 136 Å². The lowest BCUT2D eigenvalue weighted by Gasteiger charge is -2.23. The predicted molar refractivity (Wildman–Crippen MR) is 82.9 cm³/mol. The van der Waals surface area contributed by atoms with Crippen LogP contribution in [0.2, 0.25) is 0 Å². The second-order valence-electron chi connectivity index (χ2n) is 6.79. The average molecular weight is 340 g/mol. The highest BCUT2D eigenvalue weighted by Crippen LogP contribution is 2.46. The van der Waals surface area contributed by atoms with Crippen molar-refractivity contribution in [2.45, 2.75) is 43.6 Å². The molecule has 0 unspecified atom stereocenters. The van der Waals surface area contributed by atoms with Crippen molar-refractivity contribution in [1.82, 2.24) is 0 Å². The van der Waals surface area contributed by atoms with Gasteiger partial charge in [-0.1, -0.05) is 6.92 Å². The molecule has 0 spiro atoms. The van der Waals surface area contributed by atoms with E-state index in [0.29, 0.717) is 11.8 Å². The van der Waals surface area contributed by atoms with Gasteiger partial charge in [-0.25, -0.2) is 12.8 Å². The molecule has 2 bridgehead atoms. The summed E-state index contributed by atoms with van der Waals surface area (Å²) < 4.78 is 43.0. The summed E-state index contributed by atoms with van der Waals surface area (Å²) in [4.78, 5) is 12.2. The summed E-state index contributed by atoms with van der Waals surface area (Å²) in [6.07, 6.45) is 4.31. The molecular weight excluding hydrogens is 319 g/mol. The van der Waals surface area contributed by atoms with Crippen LogP contribution in [0.5, 0.6) is 0 Å². The lowest BCUT2D eigenvalue weighted by atomic mass is 9.97. The van der Waals surface area contributed by atoms with Crippen LogP contribution in [0.4, 0.5) is 4.39 Å². The van der Waals surface area contributed by atoms with Crippen LogP contribution in [0.15, 0.2) is 29.2 Å². The van der Waals surface area contributed by atoms with Crippen molar-refractivity contribution in [1.29, 1.82) is 0 Å². The molecule has 2 aliphatic carbocycles. The summed E-state index contributed by atoms with van der Waals surface area (Å²) in [5, 5.41) is 0. The Hall–Kier alpha value is -1.43. The molecule has 2 saturated carbocycles. The molecule has 23 heavy (non-hydrogen) atoms. The van der Waals surface area contributed by atoms with Crippen LogP contribution >= 0.6 is 0 Å². The highest BCUT2D eigenvalue weighted by atomic mass is 32.2. The Balaban J connectivity index is 1.60. The third-order valence-corrected chi connectivity index (χ3v) is 6.91. The summed E-state index contributed by atoms with van der Waals surface area (Å²) in [6.45, 7) is 1.57. The fourth-order valence-corrected chi connectivity index (χ4v) is 5.27. The van der Waals surface area contributed by atoms with Gasteiger partial charge >= 0.3 is 5.97 Å². The standard InChI is InChI=1S/C17H21FO4S/c1-11(10-23(20,21)15-6-4-14(18)5-7-15)17(19)22-16-9-12-2-3-13(16)8-12/h4-7,11-13,16H,2-3,8-10H2,1H3/t11-,12-,13-,16-/m0/s1. The number of hydrogen-bond acceptors (Lipinski definition) is 4. The van der Waals surface area contributed by atoms with Crippen molar-refractivity contribution in [3.8, 4) is 0 Å². The van der Waals surface area contributed by atoms with Crippen molar-refractivity contribution in [2.75, 3.05) is 5.75 Å². The maximum absolute atomic E-state index is 12.9. The fourth-order valence-electron chi connectivity index (χ4n) is 3.73. The van der Waals surface area contributed by atoms with E-state index in [9.17, 15) is 17.6 Å². The first-order chi connectivity index (χ1) is 10.8. The highest BCUT2D eigenvalue weighted by Gasteiger charge is 2.42. The third-order valence-electron chi connectivity index (χ3n) is 4.99. The predicted octanol–water partition coefficient (Wildman–Crippen LogP) is 2.97. The summed E-state index contributed by atoms with van der Waals surface area (Å²) in [7, 11) is -3.63. The molecule has 3 rings (SSSR count). The third kappa shape index (κ3) is 3.57. The molecule has 6 heteroatoms. The first kappa shape index (κ1) is 16.4. The van der Waals surface area contributed by atoms with E-state index in [4.69, 9.17) is 4.74 Å². The largest absolute Gasteiger partial charge is 0.462 e. The number of esters is 1. The van der Waals surface area contributed by atoms with Crippen LogP contribution in [0.1, 0.15) is 32.6 Å². The SMILES string of the molecule is C[C@@H](CS(=O)(=O)c1ccc(F)cc1)C(=O)O[C@H]1C[C@H]2CC[C@H]1C2. The van der Waals surface area contributed by atoms with Gasteiger partial charge < -0.3 is 4.74 Å². The quantitative estimate of drug-likeness (QED) is 0.611. The molecule has 4 nitrogen and oxygen atoms in total. The number of hydrogen-bond donors (Lipinski definition) is 0. The van der Waals surface area contributed by atoms with Gasteiger partial charge in [-0.3, -0.25) is 4.79 Å². The van der Waals surface area contributed by atoms with E-state index >= 15 is 0 Å². The van der Waals surface area contributed by atoms with Gasteiger partial charge in [0.15, 0.2) is 9.84 Å². The first-order valence-corrected chi connectivity index (χ1v) is 9.69. The summed E-state index contributed by atoms with van der Waals surface area (Å²) in [6, 6.07) is 4.65. The highest BCUT2D eigenvalue weighted by molar-refractivity contribution is 7.91. The number of sulfone groups is 1. The molecule has 0 aliphatic heterocycles. The normalized spacial score (nSPS) is 27.8. The van der Waals surface area contributed by atoms with Gasteiger partial charge in [-0.2, -0.15) is 0 Å². The number of fused-ring (bicyclic) bond motifs is 2. The molecule has 126 valence electrons. The monoisotopic (exact) mass is 340 g/mol. The van der Waals surface area contributed by atoms with E-state index in [1.807, 2.05) is 0 Å². The minimum atomic E-state index is -3.63. The number of ether oxygens (including phenoxy) is 1. The zero-order valence-electron chi connectivity index (χ0n) is 13.1. The van der Waals surface area contributed by atoms with E-state index < -0.39 is 27.5 Å². The van der Waals surface area contributed by atoms with E-state index in [-0.39, 0.29) is 16.8 Å². The van der Waals surface area contributed by atoms with Gasteiger partial charge in [-0.15, -0.1) is 0 Å². The van der Waals surface area contributed by atoms with Crippen LogP contribution in [-0.2, 0) is 19.4 Å². The second-order valence-corrected chi connectivity index (χ2v) is 8.82. The Morgan fingerprint density at radius 3 is 2.52 bits per heavy atom. The van der Waals surface area contributed by atoms with E-state index in [1.54, 1.807) is 6.92 Å². The number of benzene rings is 1. The van der Waals surface area contributed by atoms with Gasteiger partial charge in [0.25, 0.3) is 0 Å². The Morgan fingerprint density at radius 2 is 1.96 bits per heavy atom. The maximum atomic E-state index is 12.9. The van der Waals surface area contributed by atoms with Gasteiger partial charge in [0.05, 0.1) is 16.6 Å². The molecule has 1 aromatic rings. The summed E-state index contributed by atoms with van der Waals surface area (Å²) in [5.41, 5.74) is 0. The van der Waals surface area contributed by atoms with E-state index in [1.165, 1.54) is 18.6 Å². The minimum absolute atomic E-state index is 0.0264. The van der Waals surface area contributed by atoms with Gasteiger partial charge in [0.1, 0.15) is 11.9 Å². The smallest absolute Gasteiger partial charge is 0.309 e. The van der Waals surface area contributed by atoms with E-state index in [2.05, 4.69) is 0 Å². The molecule has 0 N–H and O–H groups in total. The van der Waals surface area contributed by atoms with Crippen LogP contribution in [0, 0.1) is 23.6 Å². The first-order valence-electron chi connectivity index (χ1n) is 8.04. The van der Waals surface area contributed by atoms with Crippen LogP contribution < -0.4 is 0 Å². The van der Waals surface area contributed by atoms with Crippen molar-refractivity contribution in [3.05, 3.63) is 30.1 Å². The number of carbonyl (C=O) groups excluding carboxylic acids is 1. The molecule has 0 radical (unpaired) electrons. The topological polar surface area (TPSA) is 60.4 Å². The van der Waals surface area contributed by atoms with Crippen molar-refractivity contribution < 1.29 is 22.3 Å². The maximum Gasteiger partial charge on any atom is 0.309 e. The van der Waals surface area contributed by atoms with Gasteiger partial charge in [0, 0.05) is 0 Å². The fraction of sp³-hybridized carbons (Fsp3) is 0.588. The number of carbonyl (C=O) groups is 1. The average Bonchev–Trinajstić information content (AvgIpc) is 3.09. The lowest BCUT2D eigenvalue weighted by molar-refractivity contribution is -0.155. The zero-order valence-corrected chi connectivity index (χ0v) is 13.9. The van der Waals surface area contributed by atoms with Crippen LogP contribution in [-0.4, -0.2) is 26.2 Å². The number of rotatable bonds is 5. The molecule has 0 saturated heterocycles. The molecule has 2 fully saturated rings. The minimum Gasteiger partial charge on any atom is -0.462 e. The van der Waals surface area contributed by atoms with Crippen molar-refractivity contribution in [3.63, 3.8) is 0 Å². The molecular formula is C17H21FO4S. The molecule has 2 aliphatic rings. The summed E-state index contributed by atoms with van der Waals surface area (Å²) in [5.74, 6) is -0.885.